The second-order valence-corrected chi connectivity index (χ2v) is 7.88. The highest BCUT2D eigenvalue weighted by molar-refractivity contribution is 6.36. The molecule has 148 valence electrons. The van der Waals surface area contributed by atoms with E-state index in [2.05, 4.69) is 10.2 Å². The van der Waals surface area contributed by atoms with E-state index in [-0.39, 0.29) is 28.2 Å². The Balaban J connectivity index is 1.58. The monoisotopic (exact) mass is 441 g/mol. The van der Waals surface area contributed by atoms with Gasteiger partial charge in [-0.3, -0.25) is 19.8 Å². The van der Waals surface area contributed by atoms with E-state index in [9.17, 15) is 14.9 Å². The quantitative estimate of drug-likeness (QED) is 0.496. The first-order chi connectivity index (χ1) is 13.3. The summed E-state index contributed by atoms with van der Waals surface area (Å²) in [4.78, 5) is 25.2. The predicted molar refractivity (Wildman–Crippen MR) is 111 cm³/mol. The lowest BCUT2D eigenvalue weighted by Gasteiger charge is -2.31. The third-order valence-corrected chi connectivity index (χ3v) is 5.86. The van der Waals surface area contributed by atoms with Gasteiger partial charge >= 0.3 is 0 Å². The Morgan fingerprint density at radius 2 is 1.75 bits per heavy atom. The summed E-state index contributed by atoms with van der Waals surface area (Å²) in [5.41, 5.74) is 1.02. The van der Waals surface area contributed by atoms with E-state index in [0.29, 0.717) is 29.4 Å². The first kappa shape index (κ1) is 20.9. The fourth-order valence-electron chi connectivity index (χ4n) is 3.22. The zero-order valence-electron chi connectivity index (χ0n) is 14.8. The third-order valence-electron chi connectivity index (χ3n) is 4.82. The summed E-state index contributed by atoms with van der Waals surface area (Å²) in [5, 5.41) is 15.2. The van der Waals surface area contributed by atoms with E-state index < -0.39 is 4.92 Å². The second-order valence-electron chi connectivity index (χ2n) is 6.66. The Hall–Kier alpha value is -1.86. The number of anilines is 1. The Morgan fingerprint density at radius 3 is 2.36 bits per heavy atom. The molecule has 9 heteroatoms. The molecule has 1 N–H and O–H groups in total. The van der Waals surface area contributed by atoms with Gasteiger partial charge in [0, 0.05) is 40.2 Å². The van der Waals surface area contributed by atoms with Crippen molar-refractivity contribution in [2.75, 3.05) is 18.4 Å². The van der Waals surface area contributed by atoms with Gasteiger partial charge in [0.2, 0.25) is 5.91 Å². The topological polar surface area (TPSA) is 75.5 Å². The second kappa shape index (κ2) is 9.09. The highest BCUT2D eigenvalue weighted by Crippen LogP contribution is 2.30. The minimum absolute atomic E-state index is 0.119. The standard InChI is InChI=1S/C19H18Cl3N3O3/c20-15-2-1-3-16(21)14(15)11-24-8-6-12(7-9-24)19(26)23-18-10-13(25(27)28)4-5-17(18)22/h1-5,10,12H,6-9,11H2,(H,23,26). The normalized spacial score (nSPS) is 15.4. The van der Waals surface area contributed by atoms with Crippen molar-refractivity contribution in [3.8, 4) is 0 Å². The molecule has 1 amide bonds. The average molecular weight is 443 g/mol. The Labute approximate surface area is 177 Å². The fourth-order valence-corrected chi connectivity index (χ4v) is 3.90. The maximum absolute atomic E-state index is 12.6. The van der Waals surface area contributed by atoms with E-state index in [1.54, 1.807) is 0 Å². The number of carbonyl (C=O) groups is 1. The van der Waals surface area contributed by atoms with Gasteiger partial charge in [0.05, 0.1) is 15.6 Å². The van der Waals surface area contributed by atoms with Crippen molar-refractivity contribution in [1.82, 2.24) is 4.90 Å². The predicted octanol–water partition coefficient (Wildman–Crippen LogP) is 5.41. The molecule has 6 nitrogen and oxygen atoms in total. The fraction of sp³-hybridized carbons (Fsp3) is 0.316. The number of rotatable bonds is 5. The summed E-state index contributed by atoms with van der Waals surface area (Å²) in [6, 6.07) is 9.41. The summed E-state index contributed by atoms with van der Waals surface area (Å²) >= 11 is 18.5. The molecule has 2 aromatic rings. The number of nitro groups is 1. The van der Waals surface area contributed by atoms with E-state index in [4.69, 9.17) is 34.8 Å². The van der Waals surface area contributed by atoms with Gasteiger partial charge < -0.3 is 5.32 Å². The van der Waals surface area contributed by atoms with Crippen molar-refractivity contribution in [2.45, 2.75) is 19.4 Å². The molecule has 0 aliphatic carbocycles. The molecule has 28 heavy (non-hydrogen) atoms. The summed E-state index contributed by atoms with van der Waals surface area (Å²) < 4.78 is 0. The van der Waals surface area contributed by atoms with E-state index in [0.717, 1.165) is 18.7 Å². The summed E-state index contributed by atoms with van der Waals surface area (Å²) in [5.74, 6) is -0.369. The van der Waals surface area contributed by atoms with Crippen molar-refractivity contribution in [1.29, 1.82) is 0 Å². The molecule has 0 bridgehead atoms. The molecule has 0 atom stereocenters. The number of nitrogens with one attached hydrogen (secondary N) is 1. The highest BCUT2D eigenvalue weighted by Gasteiger charge is 2.26. The van der Waals surface area contributed by atoms with Gasteiger partial charge in [0.25, 0.3) is 5.69 Å². The number of hydrogen-bond acceptors (Lipinski definition) is 4. The van der Waals surface area contributed by atoms with Crippen LogP contribution in [0.25, 0.3) is 0 Å². The summed E-state index contributed by atoms with van der Waals surface area (Å²) in [7, 11) is 0. The molecule has 0 aromatic heterocycles. The van der Waals surface area contributed by atoms with Crippen LogP contribution >= 0.6 is 34.8 Å². The smallest absolute Gasteiger partial charge is 0.271 e. The van der Waals surface area contributed by atoms with Crippen molar-refractivity contribution < 1.29 is 9.72 Å². The van der Waals surface area contributed by atoms with Gasteiger partial charge in [0.1, 0.15) is 0 Å². The lowest BCUT2D eigenvalue weighted by atomic mass is 9.95. The number of carbonyl (C=O) groups excluding carboxylic acids is 1. The molecule has 0 unspecified atom stereocenters. The molecule has 1 aliphatic heterocycles. The molecule has 1 heterocycles. The molecule has 2 aromatic carbocycles. The van der Waals surface area contributed by atoms with Crippen LogP contribution in [-0.2, 0) is 11.3 Å². The molecular weight excluding hydrogens is 425 g/mol. The average Bonchev–Trinajstić information content (AvgIpc) is 2.67. The SMILES string of the molecule is O=C(Nc1cc([N+](=O)[O-])ccc1Cl)C1CCN(Cc2c(Cl)cccc2Cl)CC1. The van der Waals surface area contributed by atoms with Gasteiger partial charge in [-0.2, -0.15) is 0 Å². The Kier molecular flexibility index (Phi) is 6.78. The molecule has 1 fully saturated rings. The van der Waals surface area contributed by atoms with Gasteiger partial charge in [0.15, 0.2) is 0 Å². The molecular formula is C19H18Cl3N3O3. The number of non-ortho nitro benzene ring substituents is 1. The molecule has 0 spiro atoms. The minimum Gasteiger partial charge on any atom is -0.324 e. The van der Waals surface area contributed by atoms with Crippen molar-refractivity contribution in [3.05, 3.63) is 67.1 Å². The Morgan fingerprint density at radius 1 is 1.11 bits per heavy atom. The van der Waals surface area contributed by atoms with Crippen LogP contribution in [0.2, 0.25) is 15.1 Å². The number of nitro benzene ring substituents is 1. The third kappa shape index (κ3) is 4.94. The maximum atomic E-state index is 12.6. The van der Waals surface area contributed by atoms with Gasteiger partial charge in [-0.25, -0.2) is 0 Å². The lowest BCUT2D eigenvalue weighted by molar-refractivity contribution is -0.384. The van der Waals surface area contributed by atoms with Gasteiger partial charge in [-0.1, -0.05) is 40.9 Å². The number of likely N-dealkylation sites (tertiary alicyclic amines) is 1. The van der Waals surface area contributed by atoms with Crippen molar-refractivity contribution in [2.24, 2.45) is 5.92 Å². The first-order valence-corrected chi connectivity index (χ1v) is 9.88. The zero-order valence-corrected chi connectivity index (χ0v) is 17.1. The van der Waals surface area contributed by atoms with Crippen LogP contribution < -0.4 is 5.32 Å². The van der Waals surface area contributed by atoms with E-state index in [1.807, 2.05) is 18.2 Å². The number of hydrogen-bond donors (Lipinski definition) is 1. The van der Waals surface area contributed by atoms with Gasteiger partial charge in [-0.05, 0) is 44.1 Å². The zero-order chi connectivity index (χ0) is 20.3. The van der Waals surface area contributed by atoms with Crippen LogP contribution in [0.5, 0.6) is 0 Å². The lowest BCUT2D eigenvalue weighted by Crippen LogP contribution is -2.37. The number of halogens is 3. The van der Waals surface area contributed by atoms with E-state index >= 15 is 0 Å². The van der Waals surface area contributed by atoms with Gasteiger partial charge in [-0.15, -0.1) is 0 Å². The largest absolute Gasteiger partial charge is 0.324 e. The van der Waals surface area contributed by atoms with Crippen LogP contribution in [0.1, 0.15) is 18.4 Å². The molecule has 1 aliphatic rings. The highest BCUT2D eigenvalue weighted by atomic mass is 35.5. The molecule has 1 saturated heterocycles. The minimum atomic E-state index is -0.523. The number of piperidine rings is 1. The van der Waals surface area contributed by atoms with Crippen LogP contribution in [0.3, 0.4) is 0 Å². The first-order valence-electron chi connectivity index (χ1n) is 8.75. The van der Waals surface area contributed by atoms with Crippen LogP contribution in [0, 0.1) is 16.0 Å². The van der Waals surface area contributed by atoms with Crippen LogP contribution in [-0.4, -0.2) is 28.8 Å². The van der Waals surface area contributed by atoms with Crippen LogP contribution in [0.15, 0.2) is 36.4 Å². The number of amides is 1. The van der Waals surface area contributed by atoms with E-state index in [1.165, 1.54) is 18.2 Å². The summed E-state index contributed by atoms with van der Waals surface area (Å²) in [6.45, 7) is 2.08. The Bertz CT molecular complexity index is 879. The molecule has 0 saturated carbocycles. The molecule has 3 rings (SSSR count). The van der Waals surface area contributed by atoms with Crippen molar-refractivity contribution >= 4 is 52.1 Å². The summed E-state index contributed by atoms with van der Waals surface area (Å²) in [6.07, 6.45) is 1.33. The van der Waals surface area contributed by atoms with Crippen molar-refractivity contribution in [3.63, 3.8) is 0 Å². The molecule has 0 radical (unpaired) electrons. The number of benzene rings is 2. The number of nitrogens with zero attached hydrogens (tertiary/aromatic N) is 2. The van der Waals surface area contributed by atoms with Crippen LogP contribution in [0.4, 0.5) is 11.4 Å². The maximum Gasteiger partial charge on any atom is 0.271 e.